The van der Waals surface area contributed by atoms with Gasteiger partial charge in [-0.25, -0.2) is 0 Å². The van der Waals surface area contributed by atoms with Crippen LogP contribution in [0.3, 0.4) is 0 Å². The zero-order valence-electron chi connectivity index (χ0n) is 12.6. The van der Waals surface area contributed by atoms with E-state index in [4.69, 9.17) is 14.2 Å². The predicted molar refractivity (Wildman–Crippen MR) is 78.8 cm³/mol. The third kappa shape index (κ3) is 3.00. The molecule has 5 nitrogen and oxygen atoms in total. The van der Waals surface area contributed by atoms with E-state index in [9.17, 15) is 5.11 Å². The molecule has 1 saturated heterocycles. The number of hydrogen-bond donors (Lipinski definition) is 2. The lowest BCUT2D eigenvalue weighted by Gasteiger charge is -2.28. The standard InChI is InChI=1S/C16H23NO4/c1-11(17-10-16(18)5-6-19-12(16)2)13-3-4-14-15(9-13)21-8-7-20-14/h3-4,9,11-12,17-18H,5-8,10H2,1-2H3. The van der Waals surface area contributed by atoms with Crippen LogP contribution in [0.15, 0.2) is 18.2 Å². The van der Waals surface area contributed by atoms with Gasteiger partial charge in [0, 0.05) is 25.6 Å². The Morgan fingerprint density at radius 1 is 1.29 bits per heavy atom. The highest BCUT2D eigenvalue weighted by Crippen LogP contribution is 2.33. The highest BCUT2D eigenvalue weighted by molar-refractivity contribution is 5.44. The number of rotatable bonds is 4. The largest absolute Gasteiger partial charge is 0.486 e. The van der Waals surface area contributed by atoms with Crippen molar-refractivity contribution in [3.05, 3.63) is 23.8 Å². The third-order valence-corrected chi connectivity index (χ3v) is 4.44. The fourth-order valence-corrected chi connectivity index (χ4v) is 2.78. The highest BCUT2D eigenvalue weighted by atomic mass is 16.6. The van der Waals surface area contributed by atoms with Crippen LogP contribution in [0.4, 0.5) is 0 Å². The summed E-state index contributed by atoms with van der Waals surface area (Å²) >= 11 is 0. The van der Waals surface area contributed by atoms with Gasteiger partial charge in [0.15, 0.2) is 11.5 Å². The molecular weight excluding hydrogens is 270 g/mol. The first-order valence-electron chi connectivity index (χ1n) is 7.55. The second-order valence-corrected chi connectivity index (χ2v) is 5.87. The second kappa shape index (κ2) is 5.83. The quantitative estimate of drug-likeness (QED) is 0.884. The molecule has 2 heterocycles. The van der Waals surface area contributed by atoms with E-state index in [1.54, 1.807) is 0 Å². The fraction of sp³-hybridized carbons (Fsp3) is 0.625. The normalized spacial score (nSPS) is 29.4. The molecule has 2 N–H and O–H groups in total. The van der Waals surface area contributed by atoms with Gasteiger partial charge in [0.05, 0.1) is 6.10 Å². The van der Waals surface area contributed by atoms with Crippen LogP contribution < -0.4 is 14.8 Å². The molecule has 2 aliphatic rings. The summed E-state index contributed by atoms with van der Waals surface area (Å²) in [5.74, 6) is 1.59. The Morgan fingerprint density at radius 2 is 2.05 bits per heavy atom. The number of nitrogens with one attached hydrogen (secondary N) is 1. The Bertz CT molecular complexity index is 507. The van der Waals surface area contributed by atoms with Gasteiger partial charge in [-0.2, -0.15) is 0 Å². The molecule has 0 bridgehead atoms. The molecule has 5 heteroatoms. The molecule has 116 valence electrons. The molecule has 0 spiro atoms. The summed E-state index contributed by atoms with van der Waals surface area (Å²) in [6.07, 6.45) is 0.548. The Balaban J connectivity index is 1.64. The van der Waals surface area contributed by atoms with Crippen molar-refractivity contribution in [1.82, 2.24) is 5.32 Å². The number of hydrogen-bond acceptors (Lipinski definition) is 5. The van der Waals surface area contributed by atoms with E-state index in [1.807, 2.05) is 25.1 Å². The fourth-order valence-electron chi connectivity index (χ4n) is 2.78. The first kappa shape index (κ1) is 14.6. The second-order valence-electron chi connectivity index (χ2n) is 5.87. The first-order valence-corrected chi connectivity index (χ1v) is 7.55. The van der Waals surface area contributed by atoms with Crippen LogP contribution in [0.2, 0.25) is 0 Å². The first-order chi connectivity index (χ1) is 10.1. The SMILES string of the molecule is CC(NCC1(O)CCOC1C)c1ccc2c(c1)OCCO2. The van der Waals surface area contributed by atoms with Crippen molar-refractivity contribution in [2.75, 3.05) is 26.4 Å². The molecule has 0 aliphatic carbocycles. The van der Waals surface area contributed by atoms with Gasteiger partial charge in [-0.05, 0) is 31.5 Å². The van der Waals surface area contributed by atoms with Crippen LogP contribution in [-0.4, -0.2) is 43.2 Å². The van der Waals surface area contributed by atoms with E-state index in [0.717, 1.165) is 17.1 Å². The minimum Gasteiger partial charge on any atom is -0.486 e. The van der Waals surface area contributed by atoms with Crippen molar-refractivity contribution in [2.45, 2.75) is 38.0 Å². The van der Waals surface area contributed by atoms with Crippen molar-refractivity contribution in [3.8, 4) is 11.5 Å². The van der Waals surface area contributed by atoms with Crippen LogP contribution in [0, 0.1) is 0 Å². The molecule has 0 saturated carbocycles. The van der Waals surface area contributed by atoms with Gasteiger partial charge in [-0.15, -0.1) is 0 Å². The van der Waals surface area contributed by atoms with E-state index in [2.05, 4.69) is 12.2 Å². The molecule has 0 amide bonds. The average Bonchev–Trinajstić information content (AvgIpc) is 2.84. The summed E-state index contributed by atoms with van der Waals surface area (Å²) < 4.78 is 16.6. The number of aliphatic hydroxyl groups is 1. The van der Waals surface area contributed by atoms with E-state index < -0.39 is 5.60 Å². The van der Waals surface area contributed by atoms with Gasteiger partial charge in [-0.3, -0.25) is 0 Å². The van der Waals surface area contributed by atoms with Crippen LogP contribution >= 0.6 is 0 Å². The lowest BCUT2D eigenvalue weighted by molar-refractivity contribution is -0.0274. The maximum atomic E-state index is 10.5. The van der Waals surface area contributed by atoms with E-state index in [-0.39, 0.29) is 12.1 Å². The minimum atomic E-state index is -0.776. The molecule has 0 aromatic heterocycles. The van der Waals surface area contributed by atoms with Crippen LogP contribution in [-0.2, 0) is 4.74 Å². The van der Waals surface area contributed by atoms with Crippen molar-refractivity contribution in [1.29, 1.82) is 0 Å². The van der Waals surface area contributed by atoms with Crippen molar-refractivity contribution < 1.29 is 19.3 Å². The maximum absolute atomic E-state index is 10.5. The Labute approximate surface area is 125 Å². The molecule has 3 atom stereocenters. The van der Waals surface area contributed by atoms with Gasteiger partial charge in [0.25, 0.3) is 0 Å². The highest BCUT2D eigenvalue weighted by Gasteiger charge is 2.39. The van der Waals surface area contributed by atoms with E-state index in [1.165, 1.54) is 0 Å². The molecule has 0 radical (unpaired) electrons. The number of ether oxygens (including phenoxy) is 3. The topological polar surface area (TPSA) is 60.0 Å². The number of fused-ring (bicyclic) bond motifs is 1. The lowest BCUT2D eigenvalue weighted by atomic mass is 9.96. The van der Waals surface area contributed by atoms with Crippen molar-refractivity contribution in [2.24, 2.45) is 0 Å². The van der Waals surface area contributed by atoms with E-state index >= 15 is 0 Å². The Morgan fingerprint density at radius 3 is 2.76 bits per heavy atom. The summed E-state index contributed by atoms with van der Waals surface area (Å²) in [6, 6.07) is 6.10. The van der Waals surface area contributed by atoms with Crippen molar-refractivity contribution in [3.63, 3.8) is 0 Å². The van der Waals surface area contributed by atoms with Crippen LogP contribution in [0.1, 0.15) is 31.9 Å². The molecule has 3 rings (SSSR count). The van der Waals surface area contributed by atoms with Gasteiger partial charge in [-0.1, -0.05) is 6.07 Å². The summed E-state index contributed by atoms with van der Waals surface area (Å²) in [7, 11) is 0. The summed E-state index contributed by atoms with van der Waals surface area (Å²) in [6.45, 7) is 6.33. The molecule has 3 unspecified atom stereocenters. The summed E-state index contributed by atoms with van der Waals surface area (Å²) in [5, 5.41) is 13.9. The molecule has 21 heavy (non-hydrogen) atoms. The average molecular weight is 293 g/mol. The van der Waals surface area contributed by atoms with E-state index in [0.29, 0.717) is 32.8 Å². The molecule has 1 fully saturated rings. The molecule has 1 aromatic carbocycles. The Kier molecular flexibility index (Phi) is 4.06. The Hall–Kier alpha value is -1.30. The minimum absolute atomic E-state index is 0.123. The van der Waals surface area contributed by atoms with Crippen molar-refractivity contribution >= 4 is 0 Å². The molecule has 1 aromatic rings. The lowest BCUT2D eigenvalue weighted by Crippen LogP contribution is -2.46. The van der Waals surface area contributed by atoms with Gasteiger partial charge in [0.2, 0.25) is 0 Å². The summed E-state index contributed by atoms with van der Waals surface area (Å²) in [5.41, 5.74) is 0.344. The number of benzene rings is 1. The van der Waals surface area contributed by atoms with Crippen LogP contribution in [0.5, 0.6) is 11.5 Å². The van der Waals surface area contributed by atoms with Gasteiger partial charge < -0.3 is 24.6 Å². The monoisotopic (exact) mass is 293 g/mol. The third-order valence-electron chi connectivity index (χ3n) is 4.44. The maximum Gasteiger partial charge on any atom is 0.161 e. The van der Waals surface area contributed by atoms with Gasteiger partial charge >= 0.3 is 0 Å². The smallest absolute Gasteiger partial charge is 0.161 e. The summed E-state index contributed by atoms with van der Waals surface area (Å²) in [4.78, 5) is 0. The van der Waals surface area contributed by atoms with Gasteiger partial charge in [0.1, 0.15) is 18.8 Å². The predicted octanol–water partition coefficient (Wildman–Crippen LogP) is 1.65. The molecular formula is C16H23NO4. The molecule has 2 aliphatic heterocycles. The zero-order valence-corrected chi connectivity index (χ0v) is 12.6. The zero-order chi connectivity index (χ0) is 14.9. The van der Waals surface area contributed by atoms with Crippen LogP contribution in [0.25, 0.3) is 0 Å².